The number of ether oxygens (including phenoxy) is 2. The second-order valence-corrected chi connectivity index (χ2v) is 8.11. The first kappa shape index (κ1) is 21.2. The minimum atomic E-state index is -0.490. The van der Waals surface area contributed by atoms with Gasteiger partial charge in [0.05, 0.1) is 0 Å². The summed E-state index contributed by atoms with van der Waals surface area (Å²) in [4.78, 5) is 23.7. The molecule has 0 aromatic carbocycles. The standard InChI is InChI=1S/C23H32O4/c1-15-8-7-9-16(2)14-21-23(6,18(4)22(25)27-21)13-12-17(3)20(11-10-15)26-19(5)24/h8,12,14,20-21H,4,7,9-11,13H2,1-3,5-6H3/b15-8+,16-14+,17-12-/t20?,21-,23-/m0/s1. The third kappa shape index (κ3) is 5.21. The van der Waals surface area contributed by atoms with E-state index in [4.69, 9.17) is 9.47 Å². The maximum absolute atomic E-state index is 12.2. The van der Waals surface area contributed by atoms with Gasteiger partial charge in [0.25, 0.3) is 0 Å². The molecule has 27 heavy (non-hydrogen) atoms. The van der Waals surface area contributed by atoms with Crippen LogP contribution in [0.15, 0.2) is 47.1 Å². The van der Waals surface area contributed by atoms with Gasteiger partial charge in [-0.3, -0.25) is 4.79 Å². The van der Waals surface area contributed by atoms with Gasteiger partial charge >= 0.3 is 11.9 Å². The van der Waals surface area contributed by atoms with Gasteiger partial charge in [0.15, 0.2) is 0 Å². The summed E-state index contributed by atoms with van der Waals surface area (Å²) in [6.45, 7) is 13.6. The van der Waals surface area contributed by atoms with Crippen molar-refractivity contribution in [2.75, 3.05) is 0 Å². The summed E-state index contributed by atoms with van der Waals surface area (Å²) >= 11 is 0. The Bertz CT molecular complexity index is 710. The molecule has 0 aromatic heterocycles. The van der Waals surface area contributed by atoms with Crippen LogP contribution in [-0.4, -0.2) is 24.1 Å². The van der Waals surface area contributed by atoms with Gasteiger partial charge in [-0.1, -0.05) is 36.8 Å². The first-order chi connectivity index (χ1) is 12.6. The molecular formula is C23H32O4. The molecule has 1 fully saturated rings. The Morgan fingerprint density at radius 2 is 1.93 bits per heavy atom. The SMILES string of the molecule is C=C1C(=O)O[C@H]2/C=C(\C)CC/C=C(\C)CCC(OC(C)=O)/C(C)=C\C[C@@]12C. The van der Waals surface area contributed by atoms with Crippen LogP contribution in [0.2, 0.25) is 0 Å². The summed E-state index contributed by atoms with van der Waals surface area (Å²) in [5.74, 6) is -0.601. The molecule has 0 aromatic rings. The Morgan fingerprint density at radius 3 is 2.59 bits per heavy atom. The highest BCUT2D eigenvalue weighted by molar-refractivity contribution is 5.92. The van der Waals surface area contributed by atoms with Crippen molar-refractivity contribution >= 4 is 11.9 Å². The van der Waals surface area contributed by atoms with E-state index < -0.39 is 5.41 Å². The van der Waals surface area contributed by atoms with Gasteiger partial charge in [-0.2, -0.15) is 0 Å². The fourth-order valence-electron chi connectivity index (χ4n) is 3.61. The lowest BCUT2D eigenvalue weighted by Gasteiger charge is -2.28. The van der Waals surface area contributed by atoms with Crippen LogP contribution < -0.4 is 0 Å². The van der Waals surface area contributed by atoms with Gasteiger partial charge in [-0.25, -0.2) is 4.79 Å². The Balaban J connectivity index is 2.39. The molecule has 0 bridgehead atoms. The van der Waals surface area contributed by atoms with E-state index in [1.54, 1.807) is 0 Å². The molecule has 148 valence electrons. The lowest BCUT2D eigenvalue weighted by atomic mass is 9.75. The molecule has 0 N–H and O–H groups in total. The van der Waals surface area contributed by atoms with Crippen LogP contribution in [-0.2, 0) is 19.1 Å². The van der Waals surface area contributed by atoms with E-state index in [9.17, 15) is 9.59 Å². The fourth-order valence-corrected chi connectivity index (χ4v) is 3.61. The van der Waals surface area contributed by atoms with Crippen LogP contribution in [0.1, 0.15) is 66.7 Å². The molecule has 1 aliphatic heterocycles. The molecule has 0 radical (unpaired) electrons. The van der Waals surface area contributed by atoms with Gasteiger partial charge in [-0.15, -0.1) is 0 Å². The number of esters is 2. The number of hydrogen-bond donors (Lipinski definition) is 0. The summed E-state index contributed by atoms with van der Waals surface area (Å²) in [5, 5.41) is 0. The number of hydrogen-bond acceptors (Lipinski definition) is 4. The van der Waals surface area contributed by atoms with E-state index in [1.165, 1.54) is 18.1 Å². The van der Waals surface area contributed by atoms with Crippen LogP contribution in [0.3, 0.4) is 0 Å². The molecule has 1 heterocycles. The monoisotopic (exact) mass is 372 g/mol. The lowest BCUT2D eigenvalue weighted by Crippen LogP contribution is -2.28. The molecule has 1 aliphatic carbocycles. The number of rotatable bonds is 1. The molecule has 2 rings (SSSR count). The van der Waals surface area contributed by atoms with E-state index in [-0.39, 0.29) is 24.1 Å². The number of carbonyl (C=O) groups excluding carboxylic acids is 2. The molecule has 0 amide bonds. The quantitative estimate of drug-likeness (QED) is 0.360. The minimum absolute atomic E-state index is 0.251. The second kappa shape index (κ2) is 8.73. The van der Waals surface area contributed by atoms with E-state index in [2.05, 4.69) is 38.7 Å². The minimum Gasteiger partial charge on any atom is -0.458 e. The maximum atomic E-state index is 12.2. The van der Waals surface area contributed by atoms with E-state index in [0.29, 0.717) is 12.0 Å². The Hall–Kier alpha value is -2.10. The van der Waals surface area contributed by atoms with Crippen LogP contribution >= 0.6 is 0 Å². The van der Waals surface area contributed by atoms with Crippen LogP contribution in [0.25, 0.3) is 0 Å². The molecule has 1 saturated heterocycles. The highest BCUT2D eigenvalue weighted by Crippen LogP contribution is 2.44. The van der Waals surface area contributed by atoms with Gasteiger partial charge in [-0.05, 0) is 64.5 Å². The maximum Gasteiger partial charge on any atom is 0.334 e. The Labute approximate surface area is 163 Å². The topological polar surface area (TPSA) is 52.6 Å². The predicted octanol–water partition coefficient (Wildman–Crippen LogP) is 5.21. The lowest BCUT2D eigenvalue weighted by molar-refractivity contribution is -0.145. The summed E-state index contributed by atoms with van der Waals surface area (Å²) in [7, 11) is 0. The molecule has 4 nitrogen and oxygen atoms in total. The van der Waals surface area contributed by atoms with Crippen LogP contribution in [0.4, 0.5) is 0 Å². The first-order valence-corrected chi connectivity index (χ1v) is 9.70. The molecule has 3 atom stereocenters. The van der Waals surface area contributed by atoms with Crippen molar-refractivity contribution in [1.82, 2.24) is 0 Å². The molecular weight excluding hydrogens is 340 g/mol. The van der Waals surface area contributed by atoms with Gasteiger partial charge in [0, 0.05) is 17.9 Å². The van der Waals surface area contributed by atoms with E-state index in [1.807, 2.05) is 13.8 Å². The third-order valence-electron chi connectivity index (χ3n) is 5.73. The Kier molecular flexibility index (Phi) is 6.85. The predicted molar refractivity (Wildman–Crippen MR) is 107 cm³/mol. The molecule has 0 spiro atoms. The van der Waals surface area contributed by atoms with Crippen molar-refractivity contribution in [3.05, 3.63) is 47.1 Å². The van der Waals surface area contributed by atoms with Crippen LogP contribution in [0.5, 0.6) is 0 Å². The smallest absolute Gasteiger partial charge is 0.334 e. The number of allylic oxidation sites excluding steroid dienone is 4. The van der Waals surface area contributed by atoms with E-state index >= 15 is 0 Å². The largest absolute Gasteiger partial charge is 0.458 e. The Morgan fingerprint density at radius 1 is 1.22 bits per heavy atom. The summed E-state index contributed by atoms with van der Waals surface area (Å²) < 4.78 is 11.2. The fraction of sp³-hybridized carbons (Fsp3) is 0.565. The highest BCUT2D eigenvalue weighted by atomic mass is 16.6. The highest BCUT2D eigenvalue weighted by Gasteiger charge is 2.47. The van der Waals surface area contributed by atoms with Gasteiger partial charge < -0.3 is 9.47 Å². The van der Waals surface area contributed by atoms with Gasteiger partial charge in [0.2, 0.25) is 0 Å². The van der Waals surface area contributed by atoms with Crippen LogP contribution in [0, 0.1) is 5.41 Å². The zero-order valence-corrected chi connectivity index (χ0v) is 17.3. The molecule has 2 aliphatic rings. The molecule has 4 heteroatoms. The third-order valence-corrected chi connectivity index (χ3v) is 5.73. The average molecular weight is 373 g/mol. The summed E-state index contributed by atoms with van der Waals surface area (Å²) in [6.07, 6.45) is 9.95. The molecule has 0 saturated carbocycles. The van der Waals surface area contributed by atoms with Crippen molar-refractivity contribution in [3.8, 4) is 0 Å². The molecule has 1 unspecified atom stereocenters. The van der Waals surface area contributed by atoms with Crippen molar-refractivity contribution < 1.29 is 19.1 Å². The van der Waals surface area contributed by atoms with E-state index in [0.717, 1.165) is 31.3 Å². The number of fused-ring (bicyclic) bond motifs is 1. The van der Waals surface area contributed by atoms with Gasteiger partial charge in [0.1, 0.15) is 12.2 Å². The average Bonchev–Trinajstić information content (AvgIpc) is 2.79. The van der Waals surface area contributed by atoms with Crippen molar-refractivity contribution in [2.24, 2.45) is 5.41 Å². The summed E-state index contributed by atoms with van der Waals surface area (Å²) in [5.41, 5.74) is 3.54. The van der Waals surface area contributed by atoms with Crippen molar-refractivity contribution in [1.29, 1.82) is 0 Å². The zero-order chi connectivity index (χ0) is 20.2. The normalized spacial score (nSPS) is 36.1. The number of carbonyl (C=O) groups is 2. The first-order valence-electron chi connectivity index (χ1n) is 9.70. The van der Waals surface area contributed by atoms with Crippen molar-refractivity contribution in [2.45, 2.75) is 78.9 Å². The van der Waals surface area contributed by atoms with Crippen molar-refractivity contribution in [3.63, 3.8) is 0 Å². The summed E-state index contributed by atoms with van der Waals surface area (Å²) in [6, 6.07) is 0. The second-order valence-electron chi connectivity index (χ2n) is 8.11. The zero-order valence-electron chi connectivity index (χ0n) is 17.3.